The third kappa shape index (κ3) is 2.87. The fourth-order valence-corrected chi connectivity index (χ4v) is 2.60. The van der Waals surface area contributed by atoms with E-state index in [-0.39, 0.29) is 0 Å². The lowest BCUT2D eigenvalue weighted by Crippen LogP contribution is -2.53. The summed E-state index contributed by atoms with van der Waals surface area (Å²) in [6, 6.07) is 6.40. The van der Waals surface area contributed by atoms with Crippen molar-refractivity contribution in [2.75, 3.05) is 24.5 Å². The maximum atomic E-state index is 6.09. The van der Waals surface area contributed by atoms with Crippen LogP contribution in [0.25, 0.3) is 0 Å². The molecule has 0 radical (unpaired) electrons. The standard InChI is InChI=1S/C13H18Cl2N2/c1-9(2)13-8-16-5-6-17(13)10-3-4-11(14)12(15)7-10/h3-4,7,9,13,16H,5-6,8H2,1-2H3. The Labute approximate surface area is 113 Å². The zero-order valence-electron chi connectivity index (χ0n) is 10.2. The van der Waals surface area contributed by atoms with Gasteiger partial charge in [0.15, 0.2) is 0 Å². The van der Waals surface area contributed by atoms with E-state index in [1.807, 2.05) is 12.1 Å². The molecule has 0 amide bonds. The molecular formula is C13H18Cl2N2. The summed E-state index contributed by atoms with van der Waals surface area (Å²) in [5.74, 6) is 0.609. The second kappa shape index (κ2) is 5.47. The molecule has 1 aliphatic heterocycles. The summed E-state index contributed by atoms with van der Waals surface area (Å²) < 4.78 is 0. The van der Waals surface area contributed by atoms with Crippen molar-refractivity contribution in [2.24, 2.45) is 5.92 Å². The van der Waals surface area contributed by atoms with Gasteiger partial charge in [0.05, 0.1) is 10.0 Å². The molecule has 1 saturated heterocycles. The predicted molar refractivity (Wildman–Crippen MR) is 75.3 cm³/mol. The summed E-state index contributed by atoms with van der Waals surface area (Å²) in [5.41, 5.74) is 1.17. The first-order chi connectivity index (χ1) is 8.09. The zero-order valence-corrected chi connectivity index (χ0v) is 11.7. The van der Waals surface area contributed by atoms with Crippen molar-refractivity contribution in [3.05, 3.63) is 28.2 Å². The molecule has 2 rings (SSSR count). The number of halogens is 2. The van der Waals surface area contributed by atoms with Crippen LogP contribution in [-0.2, 0) is 0 Å². The fraction of sp³-hybridized carbons (Fsp3) is 0.538. The second-order valence-corrected chi connectivity index (χ2v) is 5.62. The van der Waals surface area contributed by atoms with Gasteiger partial charge in [0.25, 0.3) is 0 Å². The third-order valence-corrected chi connectivity index (χ3v) is 4.03. The topological polar surface area (TPSA) is 15.3 Å². The lowest BCUT2D eigenvalue weighted by atomic mass is 10.00. The molecule has 0 saturated carbocycles. The quantitative estimate of drug-likeness (QED) is 0.888. The highest BCUT2D eigenvalue weighted by Crippen LogP contribution is 2.29. The first-order valence-electron chi connectivity index (χ1n) is 6.02. The molecule has 2 nitrogen and oxygen atoms in total. The predicted octanol–water partition coefficient (Wildman–Crippen LogP) is 3.43. The number of anilines is 1. The maximum absolute atomic E-state index is 6.09. The van der Waals surface area contributed by atoms with Gasteiger partial charge in [0, 0.05) is 31.4 Å². The Balaban J connectivity index is 2.26. The molecular weight excluding hydrogens is 255 g/mol. The summed E-state index contributed by atoms with van der Waals surface area (Å²) in [6.07, 6.45) is 0. The Morgan fingerprint density at radius 3 is 2.71 bits per heavy atom. The number of piperazine rings is 1. The number of hydrogen-bond acceptors (Lipinski definition) is 2. The van der Waals surface area contributed by atoms with Crippen LogP contribution in [0.4, 0.5) is 5.69 Å². The minimum atomic E-state index is 0.515. The van der Waals surface area contributed by atoms with Gasteiger partial charge < -0.3 is 10.2 Å². The Morgan fingerprint density at radius 1 is 1.29 bits per heavy atom. The van der Waals surface area contributed by atoms with Crippen LogP contribution in [0.1, 0.15) is 13.8 Å². The molecule has 1 aromatic rings. The summed E-state index contributed by atoms with van der Waals surface area (Å²) in [5, 5.41) is 4.69. The molecule has 17 heavy (non-hydrogen) atoms. The minimum absolute atomic E-state index is 0.515. The summed E-state index contributed by atoms with van der Waals surface area (Å²) in [7, 11) is 0. The molecule has 94 valence electrons. The minimum Gasteiger partial charge on any atom is -0.366 e. The Morgan fingerprint density at radius 2 is 2.06 bits per heavy atom. The van der Waals surface area contributed by atoms with Gasteiger partial charge in [-0.3, -0.25) is 0 Å². The van der Waals surface area contributed by atoms with E-state index in [0.29, 0.717) is 22.0 Å². The van der Waals surface area contributed by atoms with Gasteiger partial charge in [-0.05, 0) is 24.1 Å². The molecule has 0 aromatic heterocycles. The molecule has 1 heterocycles. The van der Waals surface area contributed by atoms with Crippen molar-refractivity contribution >= 4 is 28.9 Å². The Kier molecular flexibility index (Phi) is 4.18. The fourth-order valence-electron chi connectivity index (χ4n) is 2.31. The van der Waals surface area contributed by atoms with Crippen LogP contribution in [0.3, 0.4) is 0 Å². The number of nitrogens with zero attached hydrogens (tertiary/aromatic N) is 1. The lowest BCUT2D eigenvalue weighted by molar-refractivity contribution is 0.390. The summed E-state index contributed by atoms with van der Waals surface area (Å²) >= 11 is 12.0. The van der Waals surface area contributed by atoms with Gasteiger partial charge in [-0.15, -0.1) is 0 Å². The number of hydrogen-bond donors (Lipinski definition) is 1. The van der Waals surface area contributed by atoms with Crippen molar-refractivity contribution in [1.82, 2.24) is 5.32 Å². The Hall–Kier alpha value is -0.440. The number of rotatable bonds is 2. The largest absolute Gasteiger partial charge is 0.366 e. The summed E-state index contributed by atoms with van der Waals surface area (Å²) in [6.45, 7) is 7.56. The molecule has 1 atom stereocenters. The van der Waals surface area contributed by atoms with Crippen LogP contribution in [0.15, 0.2) is 18.2 Å². The number of nitrogens with one attached hydrogen (secondary N) is 1. The van der Waals surface area contributed by atoms with E-state index in [1.54, 1.807) is 0 Å². The first kappa shape index (κ1) is 13.0. The van der Waals surface area contributed by atoms with Crippen molar-refractivity contribution < 1.29 is 0 Å². The van der Waals surface area contributed by atoms with Gasteiger partial charge in [-0.1, -0.05) is 37.0 Å². The Bertz CT molecular complexity index is 393. The van der Waals surface area contributed by atoms with Crippen molar-refractivity contribution in [3.63, 3.8) is 0 Å². The SMILES string of the molecule is CC(C)C1CNCCN1c1ccc(Cl)c(Cl)c1. The highest BCUT2D eigenvalue weighted by molar-refractivity contribution is 6.42. The maximum Gasteiger partial charge on any atom is 0.0612 e. The monoisotopic (exact) mass is 272 g/mol. The van der Waals surface area contributed by atoms with E-state index >= 15 is 0 Å². The van der Waals surface area contributed by atoms with Gasteiger partial charge in [0.2, 0.25) is 0 Å². The smallest absolute Gasteiger partial charge is 0.0612 e. The first-order valence-corrected chi connectivity index (χ1v) is 6.77. The van der Waals surface area contributed by atoms with E-state index in [1.165, 1.54) is 5.69 Å². The average molecular weight is 273 g/mol. The molecule has 4 heteroatoms. The summed E-state index contributed by atoms with van der Waals surface area (Å²) in [4.78, 5) is 2.42. The van der Waals surface area contributed by atoms with Crippen LogP contribution in [0, 0.1) is 5.92 Å². The zero-order chi connectivity index (χ0) is 12.4. The van der Waals surface area contributed by atoms with E-state index in [9.17, 15) is 0 Å². The van der Waals surface area contributed by atoms with E-state index in [0.717, 1.165) is 19.6 Å². The van der Waals surface area contributed by atoms with Crippen molar-refractivity contribution in [1.29, 1.82) is 0 Å². The van der Waals surface area contributed by atoms with Gasteiger partial charge in [-0.25, -0.2) is 0 Å². The van der Waals surface area contributed by atoms with Gasteiger partial charge in [0.1, 0.15) is 0 Å². The van der Waals surface area contributed by atoms with Crippen molar-refractivity contribution in [2.45, 2.75) is 19.9 Å². The second-order valence-electron chi connectivity index (χ2n) is 4.81. The molecule has 1 aromatic carbocycles. The van der Waals surface area contributed by atoms with Crippen LogP contribution in [-0.4, -0.2) is 25.7 Å². The van der Waals surface area contributed by atoms with E-state index < -0.39 is 0 Å². The number of benzene rings is 1. The molecule has 1 N–H and O–H groups in total. The molecule has 0 aliphatic carbocycles. The van der Waals surface area contributed by atoms with Crippen LogP contribution >= 0.6 is 23.2 Å². The molecule has 0 bridgehead atoms. The van der Waals surface area contributed by atoms with E-state index in [2.05, 4.69) is 30.1 Å². The molecule has 1 unspecified atom stereocenters. The normalized spacial score (nSPS) is 21.0. The van der Waals surface area contributed by atoms with Crippen LogP contribution < -0.4 is 10.2 Å². The van der Waals surface area contributed by atoms with E-state index in [4.69, 9.17) is 23.2 Å². The van der Waals surface area contributed by atoms with Crippen LogP contribution in [0.2, 0.25) is 10.0 Å². The molecule has 1 fully saturated rings. The highest BCUT2D eigenvalue weighted by atomic mass is 35.5. The average Bonchev–Trinajstić information content (AvgIpc) is 2.32. The van der Waals surface area contributed by atoms with Gasteiger partial charge in [-0.2, -0.15) is 0 Å². The van der Waals surface area contributed by atoms with Gasteiger partial charge >= 0.3 is 0 Å². The lowest BCUT2D eigenvalue weighted by Gasteiger charge is -2.40. The third-order valence-electron chi connectivity index (χ3n) is 3.29. The van der Waals surface area contributed by atoms with Crippen molar-refractivity contribution in [3.8, 4) is 0 Å². The highest BCUT2D eigenvalue weighted by Gasteiger charge is 2.25. The van der Waals surface area contributed by atoms with Crippen LogP contribution in [0.5, 0.6) is 0 Å². The molecule has 1 aliphatic rings. The molecule has 0 spiro atoms.